The average Bonchev–Trinajstić information content (AvgIpc) is 2.54. The molecule has 1 heterocycles. The van der Waals surface area contributed by atoms with Gasteiger partial charge in [0.2, 0.25) is 0 Å². The van der Waals surface area contributed by atoms with E-state index in [9.17, 15) is 4.79 Å². The molecular formula is C18H14ClNO2. The van der Waals surface area contributed by atoms with Gasteiger partial charge >= 0.3 is 5.97 Å². The van der Waals surface area contributed by atoms with Gasteiger partial charge in [0, 0.05) is 16.0 Å². The second-order valence-electron chi connectivity index (χ2n) is 4.81. The zero-order valence-electron chi connectivity index (χ0n) is 12.0. The van der Waals surface area contributed by atoms with Crippen molar-refractivity contribution in [3.8, 4) is 11.3 Å². The normalized spacial score (nSPS) is 10.6. The van der Waals surface area contributed by atoms with E-state index < -0.39 is 0 Å². The number of fused-ring (bicyclic) bond motifs is 1. The first-order chi connectivity index (χ1) is 10.7. The van der Waals surface area contributed by atoms with Crippen LogP contribution in [0.2, 0.25) is 5.02 Å². The monoisotopic (exact) mass is 311 g/mol. The molecule has 110 valence electrons. The van der Waals surface area contributed by atoms with Crippen molar-refractivity contribution >= 4 is 28.5 Å². The van der Waals surface area contributed by atoms with Gasteiger partial charge in [-0.25, -0.2) is 9.78 Å². The molecule has 2 aromatic carbocycles. The number of aromatic nitrogens is 1. The summed E-state index contributed by atoms with van der Waals surface area (Å²) >= 11 is 6.06. The molecule has 0 aliphatic carbocycles. The first-order valence-corrected chi connectivity index (χ1v) is 7.39. The number of carbonyl (C=O) groups is 1. The van der Waals surface area contributed by atoms with Crippen LogP contribution in [0.3, 0.4) is 0 Å². The third kappa shape index (κ3) is 2.81. The highest BCUT2D eigenvalue weighted by Gasteiger charge is 2.17. The summed E-state index contributed by atoms with van der Waals surface area (Å²) in [7, 11) is 0. The molecule has 4 heteroatoms. The van der Waals surface area contributed by atoms with Gasteiger partial charge < -0.3 is 4.74 Å². The molecule has 0 bridgehead atoms. The van der Waals surface area contributed by atoms with Gasteiger partial charge in [0.25, 0.3) is 0 Å². The predicted octanol–water partition coefficient (Wildman–Crippen LogP) is 4.73. The number of carbonyl (C=O) groups excluding carboxylic acids is 1. The smallest absolute Gasteiger partial charge is 0.340 e. The van der Waals surface area contributed by atoms with Gasteiger partial charge in [-0.2, -0.15) is 0 Å². The van der Waals surface area contributed by atoms with Crippen LogP contribution >= 0.6 is 11.6 Å². The second kappa shape index (κ2) is 6.16. The van der Waals surface area contributed by atoms with E-state index in [1.165, 1.54) is 0 Å². The van der Waals surface area contributed by atoms with Crippen LogP contribution in [0.25, 0.3) is 22.2 Å². The van der Waals surface area contributed by atoms with Crippen LogP contribution in [0.5, 0.6) is 0 Å². The van der Waals surface area contributed by atoms with E-state index in [0.717, 1.165) is 16.5 Å². The van der Waals surface area contributed by atoms with Crippen molar-refractivity contribution in [2.45, 2.75) is 6.92 Å². The molecule has 1 aromatic heterocycles. The first kappa shape index (κ1) is 14.5. The van der Waals surface area contributed by atoms with E-state index in [1.54, 1.807) is 19.1 Å². The van der Waals surface area contributed by atoms with Gasteiger partial charge in [0.05, 0.1) is 23.4 Å². The molecule has 0 atom stereocenters. The number of rotatable bonds is 3. The Morgan fingerprint density at radius 1 is 1.14 bits per heavy atom. The number of nitrogens with zero attached hydrogens (tertiary/aromatic N) is 1. The van der Waals surface area contributed by atoms with Crippen LogP contribution in [0.1, 0.15) is 17.3 Å². The third-order valence-electron chi connectivity index (χ3n) is 3.32. The fraction of sp³-hybridized carbons (Fsp3) is 0.111. The standard InChI is InChI=1S/C18H14ClNO2/c1-2-22-18(21)15-11-12-6-3-4-9-16(12)20-17(15)13-7-5-8-14(19)10-13/h3-11H,2H2,1H3. The lowest BCUT2D eigenvalue weighted by atomic mass is 10.0. The molecule has 0 unspecified atom stereocenters. The third-order valence-corrected chi connectivity index (χ3v) is 3.55. The first-order valence-electron chi connectivity index (χ1n) is 7.02. The summed E-state index contributed by atoms with van der Waals surface area (Å²) in [6.07, 6.45) is 0. The SMILES string of the molecule is CCOC(=O)c1cc2ccccc2nc1-c1cccc(Cl)c1. The molecule has 0 fully saturated rings. The number of halogens is 1. The summed E-state index contributed by atoms with van der Waals surface area (Å²) in [6, 6.07) is 16.8. The zero-order chi connectivity index (χ0) is 15.5. The number of esters is 1. The fourth-order valence-electron chi connectivity index (χ4n) is 2.34. The Morgan fingerprint density at radius 2 is 1.95 bits per heavy atom. The summed E-state index contributed by atoms with van der Waals surface area (Å²) in [5.74, 6) is -0.379. The minimum atomic E-state index is -0.379. The van der Waals surface area contributed by atoms with Crippen molar-refractivity contribution in [2.24, 2.45) is 0 Å². The zero-order valence-corrected chi connectivity index (χ0v) is 12.8. The molecule has 3 nitrogen and oxygen atoms in total. The molecular weight excluding hydrogens is 298 g/mol. The maximum absolute atomic E-state index is 12.3. The predicted molar refractivity (Wildman–Crippen MR) is 88.1 cm³/mol. The highest BCUT2D eigenvalue weighted by atomic mass is 35.5. The van der Waals surface area contributed by atoms with Crippen molar-refractivity contribution in [2.75, 3.05) is 6.61 Å². The van der Waals surface area contributed by atoms with E-state index >= 15 is 0 Å². The van der Waals surface area contributed by atoms with E-state index in [1.807, 2.05) is 42.5 Å². The lowest BCUT2D eigenvalue weighted by molar-refractivity contribution is 0.0527. The summed E-state index contributed by atoms with van der Waals surface area (Å²) in [4.78, 5) is 16.9. The van der Waals surface area contributed by atoms with Crippen LogP contribution in [-0.4, -0.2) is 17.6 Å². The summed E-state index contributed by atoms with van der Waals surface area (Å²) < 4.78 is 5.16. The molecule has 0 saturated carbocycles. The van der Waals surface area contributed by atoms with Crippen LogP contribution < -0.4 is 0 Å². The van der Waals surface area contributed by atoms with Crippen molar-refractivity contribution in [1.29, 1.82) is 0 Å². The van der Waals surface area contributed by atoms with Crippen molar-refractivity contribution in [3.63, 3.8) is 0 Å². The van der Waals surface area contributed by atoms with Crippen molar-refractivity contribution in [1.82, 2.24) is 4.98 Å². The molecule has 0 spiro atoms. The van der Waals surface area contributed by atoms with Gasteiger partial charge in [-0.15, -0.1) is 0 Å². The van der Waals surface area contributed by atoms with Crippen molar-refractivity contribution in [3.05, 3.63) is 65.2 Å². The number of ether oxygens (including phenoxy) is 1. The molecule has 3 aromatic rings. The van der Waals surface area contributed by atoms with Crippen LogP contribution in [0, 0.1) is 0 Å². The molecule has 0 aliphatic heterocycles. The van der Waals surface area contributed by atoms with Crippen LogP contribution in [0.4, 0.5) is 0 Å². The Balaban J connectivity index is 2.25. The van der Waals surface area contributed by atoms with Gasteiger partial charge in [-0.1, -0.05) is 41.9 Å². The Labute approximate surface area is 133 Å². The molecule has 0 saturated heterocycles. The van der Waals surface area contributed by atoms with Gasteiger partial charge in [0.1, 0.15) is 0 Å². The Bertz CT molecular complexity index is 845. The fourth-order valence-corrected chi connectivity index (χ4v) is 2.53. The maximum Gasteiger partial charge on any atom is 0.340 e. The molecule has 3 rings (SSSR count). The Hall–Kier alpha value is -2.39. The summed E-state index contributed by atoms with van der Waals surface area (Å²) in [6.45, 7) is 2.10. The van der Waals surface area contributed by atoms with Crippen LogP contribution in [-0.2, 0) is 4.74 Å². The molecule has 0 amide bonds. The van der Waals surface area contributed by atoms with Crippen LogP contribution in [0.15, 0.2) is 54.6 Å². The van der Waals surface area contributed by atoms with Gasteiger partial charge in [-0.3, -0.25) is 0 Å². The molecule has 0 aliphatic rings. The number of benzene rings is 2. The quantitative estimate of drug-likeness (QED) is 0.656. The minimum Gasteiger partial charge on any atom is -0.462 e. The number of pyridine rings is 1. The number of para-hydroxylation sites is 1. The molecule has 0 N–H and O–H groups in total. The highest BCUT2D eigenvalue weighted by Crippen LogP contribution is 2.28. The van der Waals surface area contributed by atoms with E-state index in [-0.39, 0.29) is 5.97 Å². The summed E-state index contributed by atoms with van der Waals surface area (Å²) in [5, 5.41) is 1.50. The van der Waals surface area contributed by atoms with E-state index in [4.69, 9.17) is 16.3 Å². The summed E-state index contributed by atoms with van der Waals surface area (Å²) in [5.41, 5.74) is 2.65. The van der Waals surface area contributed by atoms with E-state index in [2.05, 4.69) is 4.98 Å². The van der Waals surface area contributed by atoms with Gasteiger partial charge in [-0.05, 0) is 31.2 Å². The Kier molecular flexibility index (Phi) is 4.07. The average molecular weight is 312 g/mol. The molecule has 0 radical (unpaired) electrons. The van der Waals surface area contributed by atoms with E-state index in [0.29, 0.717) is 22.9 Å². The number of hydrogen-bond donors (Lipinski definition) is 0. The largest absolute Gasteiger partial charge is 0.462 e. The second-order valence-corrected chi connectivity index (χ2v) is 5.24. The Morgan fingerprint density at radius 3 is 2.73 bits per heavy atom. The van der Waals surface area contributed by atoms with Gasteiger partial charge in [0.15, 0.2) is 0 Å². The van der Waals surface area contributed by atoms with Crippen molar-refractivity contribution < 1.29 is 9.53 Å². The molecule has 22 heavy (non-hydrogen) atoms. The lowest BCUT2D eigenvalue weighted by Gasteiger charge is -2.10. The lowest BCUT2D eigenvalue weighted by Crippen LogP contribution is -2.08. The topological polar surface area (TPSA) is 39.2 Å². The highest BCUT2D eigenvalue weighted by molar-refractivity contribution is 6.30. The minimum absolute atomic E-state index is 0.320. The number of hydrogen-bond acceptors (Lipinski definition) is 3. The maximum atomic E-state index is 12.3.